The monoisotopic (exact) mass is 493 g/mol. The molecule has 0 aliphatic carbocycles. The molecule has 0 spiro atoms. The van der Waals surface area contributed by atoms with Crippen molar-refractivity contribution in [1.29, 1.82) is 0 Å². The third-order valence-electron chi connectivity index (χ3n) is 7.49. The van der Waals surface area contributed by atoms with Crippen LogP contribution in [0.15, 0.2) is 36.4 Å². The highest BCUT2D eigenvalue weighted by molar-refractivity contribution is 6.35. The van der Waals surface area contributed by atoms with Gasteiger partial charge in [0.25, 0.3) is 0 Å². The maximum Gasteiger partial charge on any atom is 0.318 e. The molecule has 184 valence electrons. The van der Waals surface area contributed by atoms with Gasteiger partial charge in [0, 0.05) is 67.6 Å². The van der Waals surface area contributed by atoms with Gasteiger partial charge < -0.3 is 24.6 Å². The number of rotatable bonds is 4. The van der Waals surface area contributed by atoms with Crippen LogP contribution in [0, 0.1) is 5.92 Å². The second-order valence-electron chi connectivity index (χ2n) is 10.0. The van der Waals surface area contributed by atoms with Gasteiger partial charge in [-0.05, 0) is 24.1 Å². The summed E-state index contributed by atoms with van der Waals surface area (Å²) >= 11 is 6.64. The Morgan fingerprint density at radius 2 is 1.89 bits per heavy atom. The fourth-order valence-corrected chi connectivity index (χ4v) is 5.96. The van der Waals surface area contributed by atoms with Crippen molar-refractivity contribution < 1.29 is 9.47 Å². The number of benzene rings is 2. The van der Waals surface area contributed by atoms with Gasteiger partial charge in [-0.25, -0.2) is 0 Å². The molecule has 3 unspecified atom stereocenters. The lowest BCUT2D eigenvalue weighted by atomic mass is 9.94. The first-order chi connectivity index (χ1) is 17.1. The number of nitrogens with zero attached hydrogens (tertiary/aromatic N) is 4. The van der Waals surface area contributed by atoms with E-state index < -0.39 is 0 Å². The van der Waals surface area contributed by atoms with Crippen molar-refractivity contribution in [3.63, 3.8) is 0 Å². The predicted molar refractivity (Wildman–Crippen MR) is 138 cm³/mol. The molecule has 6 rings (SSSR count). The Bertz CT molecular complexity index is 1230. The third-order valence-corrected chi connectivity index (χ3v) is 7.81. The first-order valence-corrected chi connectivity index (χ1v) is 12.9. The molecule has 2 aromatic carbocycles. The molecule has 3 atom stereocenters. The van der Waals surface area contributed by atoms with Gasteiger partial charge in [0.1, 0.15) is 11.9 Å². The molecular weight excluding hydrogens is 462 g/mol. The van der Waals surface area contributed by atoms with Gasteiger partial charge in [0.15, 0.2) is 0 Å². The summed E-state index contributed by atoms with van der Waals surface area (Å²) in [6, 6.07) is 12.8. The van der Waals surface area contributed by atoms with E-state index in [1.54, 1.807) is 0 Å². The van der Waals surface area contributed by atoms with Gasteiger partial charge in [-0.1, -0.05) is 48.9 Å². The number of halogens is 1. The Kier molecular flexibility index (Phi) is 6.26. The largest absolute Gasteiger partial charge is 0.458 e. The molecule has 4 heterocycles. The number of fused-ring (bicyclic) bond motifs is 2. The zero-order chi connectivity index (χ0) is 23.9. The molecule has 2 fully saturated rings. The number of hydrogen-bond acceptors (Lipinski definition) is 7. The summed E-state index contributed by atoms with van der Waals surface area (Å²) in [7, 11) is 2.14. The minimum Gasteiger partial charge on any atom is -0.458 e. The van der Waals surface area contributed by atoms with Crippen molar-refractivity contribution >= 4 is 28.2 Å². The molecule has 3 aliphatic rings. The van der Waals surface area contributed by atoms with Crippen molar-refractivity contribution in [3.8, 4) is 6.01 Å². The van der Waals surface area contributed by atoms with Gasteiger partial charge in [0.2, 0.25) is 0 Å². The number of aromatic nitrogens is 2. The molecule has 8 heteroatoms. The Hall–Kier alpha value is -2.45. The minimum atomic E-state index is -0.124. The molecule has 1 aromatic heterocycles. The van der Waals surface area contributed by atoms with Crippen LogP contribution in [-0.2, 0) is 17.8 Å². The zero-order valence-corrected chi connectivity index (χ0v) is 21.1. The Labute approximate surface area is 211 Å². The Morgan fingerprint density at radius 1 is 1.09 bits per heavy atom. The summed E-state index contributed by atoms with van der Waals surface area (Å²) in [5.41, 5.74) is 3.20. The molecule has 35 heavy (non-hydrogen) atoms. The number of likely N-dealkylation sites (tertiary alicyclic amines) is 1. The van der Waals surface area contributed by atoms with Crippen LogP contribution in [0.1, 0.15) is 29.8 Å². The van der Waals surface area contributed by atoms with Crippen molar-refractivity contribution in [2.24, 2.45) is 5.92 Å². The molecule has 2 saturated heterocycles. The molecule has 0 amide bonds. The Morgan fingerprint density at radius 3 is 2.66 bits per heavy atom. The number of hydrogen-bond donors (Lipinski definition) is 1. The van der Waals surface area contributed by atoms with Gasteiger partial charge >= 0.3 is 6.01 Å². The maximum absolute atomic E-state index is 6.64. The van der Waals surface area contributed by atoms with Crippen molar-refractivity contribution in [3.05, 3.63) is 58.2 Å². The molecule has 1 N–H and O–H groups in total. The standard InChI is InChI=1S/C27H32ClN5O2/c1-17-14-32(2)15-24(17)35-27-30-22-13-23(19-7-3-5-18-6-4-8-21(28)25(18)19)34-16-20(22)26(31-27)33-11-9-29-10-12-33/h3-8,17,23-24,29H,9-16H2,1-2H3. The normalized spacial score (nSPS) is 25.1. The maximum atomic E-state index is 6.64. The van der Waals surface area contributed by atoms with Gasteiger partial charge in [-0.15, -0.1) is 0 Å². The molecule has 7 nitrogen and oxygen atoms in total. The van der Waals surface area contributed by atoms with Gasteiger partial charge in [-0.2, -0.15) is 9.97 Å². The Balaban J connectivity index is 1.37. The number of anilines is 1. The zero-order valence-electron chi connectivity index (χ0n) is 20.3. The summed E-state index contributed by atoms with van der Waals surface area (Å²) in [6.45, 7) is 8.33. The summed E-state index contributed by atoms with van der Waals surface area (Å²) < 4.78 is 12.9. The lowest BCUT2D eigenvalue weighted by molar-refractivity contribution is 0.0263. The van der Waals surface area contributed by atoms with Crippen LogP contribution in [0.5, 0.6) is 6.01 Å². The van der Waals surface area contributed by atoms with E-state index in [4.69, 9.17) is 31.0 Å². The van der Waals surface area contributed by atoms with Crippen LogP contribution in [0.2, 0.25) is 5.02 Å². The summed E-state index contributed by atoms with van der Waals surface area (Å²) in [4.78, 5) is 14.5. The lowest BCUT2D eigenvalue weighted by Crippen LogP contribution is -2.44. The predicted octanol–water partition coefficient (Wildman–Crippen LogP) is 3.84. The van der Waals surface area contributed by atoms with Crippen LogP contribution in [0.3, 0.4) is 0 Å². The second-order valence-corrected chi connectivity index (χ2v) is 10.4. The van der Waals surface area contributed by atoms with Crippen molar-refractivity contribution in [2.45, 2.75) is 32.2 Å². The SMILES string of the molecule is CC1CN(C)CC1Oc1nc2c(c(N3CCNCC3)n1)COC(c1cccc3cccc(Cl)c13)C2. The highest BCUT2D eigenvalue weighted by Crippen LogP contribution is 2.39. The summed E-state index contributed by atoms with van der Waals surface area (Å²) in [5.74, 6) is 1.40. The topological polar surface area (TPSA) is 62.8 Å². The van der Waals surface area contributed by atoms with Crippen molar-refractivity contribution in [1.82, 2.24) is 20.2 Å². The number of ether oxygens (including phenoxy) is 2. The molecule has 0 radical (unpaired) electrons. The summed E-state index contributed by atoms with van der Waals surface area (Å²) in [5, 5.41) is 6.36. The van der Waals surface area contributed by atoms with Crippen LogP contribution in [0.4, 0.5) is 5.82 Å². The van der Waals surface area contributed by atoms with E-state index in [9.17, 15) is 0 Å². The van der Waals surface area contributed by atoms with Crippen LogP contribution in [-0.4, -0.2) is 67.3 Å². The lowest BCUT2D eigenvalue weighted by Gasteiger charge is -2.33. The summed E-state index contributed by atoms with van der Waals surface area (Å²) in [6.07, 6.45) is 0.639. The average molecular weight is 494 g/mol. The second kappa shape index (κ2) is 9.54. The quantitative estimate of drug-likeness (QED) is 0.592. The van der Waals surface area contributed by atoms with E-state index in [1.807, 2.05) is 12.1 Å². The van der Waals surface area contributed by atoms with Gasteiger partial charge in [0.05, 0.1) is 18.4 Å². The fraction of sp³-hybridized carbons (Fsp3) is 0.481. The fourth-order valence-electron chi connectivity index (χ4n) is 5.67. The van der Waals surface area contributed by atoms with E-state index in [0.717, 1.165) is 77.7 Å². The number of nitrogens with one attached hydrogen (secondary N) is 1. The van der Waals surface area contributed by atoms with E-state index in [-0.39, 0.29) is 12.2 Å². The number of piperazine rings is 1. The van der Waals surface area contributed by atoms with Gasteiger partial charge in [-0.3, -0.25) is 0 Å². The third kappa shape index (κ3) is 4.47. The minimum absolute atomic E-state index is 0.0985. The van der Waals surface area contributed by atoms with E-state index >= 15 is 0 Å². The molecular formula is C27H32ClN5O2. The van der Waals surface area contributed by atoms with E-state index in [2.05, 4.69) is 53.4 Å². The van der Waals surface area contributed by atoms with E-state index in [0.29, 0.717) is 25.0 Å². The smallest absolute Gasteiger partial charge is 0.318 e. The first kappa shape index (κ1) is 23.0. The highest BCUT2D eigenvalue weighted by atomic mass is 35.5. The molecule has 3 aromatic rings. The molecule has 0 saturated carbocycles. The molecule has 0 bridgehead atoms. The van der Waals surface area contributed by atoms with Crippen LogP contribution in [0.25, 0.3) is 10.8 Å². The highest BCUT2D eigenvalue weighted by Gasteiger charge is 2.33. The van der Waals surface area contributed by atoms with Crippen LogP contribution >= 0.6 is 11.6 Å². The van der Waals surface area contributed by atoms with E-state index in [1.165, 1.54) is 0 Å². The van der Waals surface area contributed by atoms with Crippen molar-refractivity contribution in [2.75, 3.05) is 51.2 Å². The number of likely N-dealkylation sites (N-methyl/N-ethyl adjacent to an activating group) is 1. The van der Waals surface area contributed by atoms with Crippen LogP contribution < -0.4 is 15.0 Å². The first-order valence-electron chi connectivity index (χ1n) is 12.6. The average Bonchev–Trinajstić information content (AvgIpc) is 3.19. The molecule has 3 aliphatic heterocycles.